The summed E-state index contributed by atoms with van der Waals surface area (Å²) in [6, 6.07) is 7.63. The third-order valence-electron chi connectivity index (χ3n) is 3.00. The van der Waals surface area contributed by atoms with Crippen LogP contribution in [0.3, 0.4) is 0 Å². The van der Waals surface area contributed by atoms with Gasteiger partial charge in [0.1, 0.15) is 11.5 Å². The van der Waals surface area contributed by atoms with Gasteiger partial charge in [-0.2, -0.15) is 0 Å². The molecule has 1 unspecified atom stereocenters. The maximum Gasteiger partial charge on any atom is 0.139 e. The van der Waals surface area contributed by atoms with Crippen molar-refractivity contribution in [1.29, 1.82) is 0 Å². The highest BCUT2D eigenvalue weighted by Gasteiger charge is 2.17. The van der Waals surface area contributed by atoms with E-state index in [2.05, 4.69) is 5.32 Å². The van der Waals surface area contributed by atoms with Crippen LogP contribution in [0.5, 0.6) is 5.75 Å². The first kappa shape index (κ1) is 13.1. The zero-order valence-electron chi connectivity index (χ0n) is 10.6. The molecule has 1 aliphatic rings. The summed E-state index contributed by atoms with van der Waals surface area (Å²) in [5.74, 6) is 0.993. The number of Topliss-reactive ketones (excluding diaryl/α,β-unsaturated/α-hetero) is 1. The monoisotopic (exact) mass is 249 g/mol. The van der Waals surface area contributed by atoms with Gasteiger partial charge < -0.3 is 14.8 Å². The van der Waals surface area contributed by atoms with Crippen LogP contribution in [0.25, 0.3) is 0 Å². The Morgan fingerprint density at radius 1 is 1.56 bits per heavy atom. The van der Waals surface area contributed by atoms with Crippen LogP contribution in [-0.4, -0.2) is 38.7 Å². The summed E-state index contributed by atoms with van der Waals surface area (Å²) in [5.41, 5.74) is 0.989. The smallest absolute Gasteiger partial charge is 0.139 e. The maximum atomic E-state index is 11.9. The van der Waals surface area contributed by atoms with Gasteiger partial charge in [0.2, 0.25) is 0 Å². The molecular formula is C14H19NO3. The summed E-state index contributed by atoms with van der Waals surface area (Å²) in [6.45, 7) is 2.33. The molecule has 0 aliphatic carbocycles. The molecule has 1 aromatic rings. The maximum absolute atomic E-state index is 11.9. The second-order valence-corrected chi connectivity index (χ2v) is 4.47. The van der Waals surface area contributed by atoms with Gasteiger partial charge in [0.15, 0.2) is 0 Å². The number of morpholine rings is 1. The first-order chi connectivity index (χ1) is 8.78. The van der Waals surface area contributed by atoms with E-state index in [0.29, 0.717) is 19.4 Å². The molecule has 4 heteroatoms. The lowest BCUT2D eigenvalue weighted by Gasteiger charge is -2.22. The second kappa shape index (κ2) is 6.52. The Labute approximate surface area is 107 Å². The van der Waals surface area contributed by atoms with Crippen LogP contribution in [0.15, 0.2) is 24.3 Å². The van der Waals surface area contributed by atoms with Crippen LogP contribution >= 0.6 is 0 Å². The molecule has 18 heavy (non-hydrogen) atoms. The molecule has 0 aromatic heterocycles. The van der Waals surface area contributed by atoms with Crippen LogP contribution in [0.2, 0.25) is 0 Å². The minimum atomic E-state index is 0.0249. The molecule has 1 atom stereocenters. The summed E-state index contributed by atoms with van der Waals surface area (Å²) in [6.07, 6.45) is 0.943. The Morgan fingerprint density at radius 3 is 3.17 bits per heavy atom. The summed E-state index contributed by atoms with van der Waals surface area (Å²) in [7, 11) is 1.63. The lowest BCUT2D eigenvalue weighted by Crippen LogP contribution is -2.39. The highest BCUT2D eigenvalue weighted by molar-refractivity contribution is 5.81. The summed E-state index contributed by atoms with van der Waals surface area (Å²) < 4.78 is 10.7. The number of nitrogens with one attached hydrogen (secondary N) is 1. The number of ether oxygens (including phenoxy) is 2. The SMILES string of the molecule is COc1cccc(CC(=O)CC2CNCCO2)c1. The lowest BCUT2D eigenvalue weighted by atomic mass is 10.0. The molecule has 1 saturated heterocycles. The predicted octanol–water partition coefficient (Wildman–Crippen LogP) is 1.19. The molecule has 0 spiro atoms. The van der Waals surface area contributed by atoms with Gasteiger partial charge in [-0.15, -0.1) is 0 Å². The third kappa shape index (κ3) is 3.82. The minimum Gasteiger partial charge on any atom is -0.497 e. The lowest BCUT2D eigenvalue weighted by molar-refractivity contribution is -0.121. The number of carbonyl (C=O) groups is 1. The fourth-order valence-corrected chi connectivity index (χ4v) is 2.09. The van der Waals surface area contributed by atoms with Crippen LogP contribution in [-0.2, 0) is 16.0 Å². The van der Waals surface area contributed by atoms with Crippen molar-refractivity contribution >= 4 is 5.78 Å². The molecule has 1 aromatic carbocycles. The Morgan fingerprint density at radius 2 is 2.44 bits per heavy atom. The quantitative estimate of drug-likeness (QED) is 0.851. The van der Waals surface area contributed by atoms with Gasteiger partial charge in [-0.25, -0.2) is 0 Å². The average molecular weight is 249 g/mol. The molecule has 0 amide bonds. The van der Waals surface area contributed by atoms with E-state index < -0.39 is 0 Å². The van der Waals surface area contributed by atoms with Crippen LogP contribution in [0.4, 0.5) is 0 Å². The van der Waals surface area contributed by atoms with E-state index in [9.17, 15) is 4.79 Å². The minimum absolute atomic E-state index is 0.0249. The summed E-state index contributed by atoms with van der Waals surface area (Å²) >= 11 is 0. The third-order valence-corrected chi connectivity index (χ3v) is 3.00. The van der Waals surface area contributed by atoms with Gasteiger partial charge in [-0.3, -0.25) is 4.79 Å². The fraction of sp³-hybridized carbons (Fsp3) is 0.500. The van der Waals surface area contributed by atoms with E-state index in [1.54, 1.807) is 7.11 Å². The second-order valence-electron chi connectivity index (χ2n) is 4.47. The zero-order valence-corrected chi connectivity index (χ0v) is 10.6. The van der Waals surface area contributed by atoms with Crippen molar-refractivity contribution in [3.63, 3.8) is 0 Å². The molecular weight excluding hydrogens is 230 g/mol. The molecule has 1 N–H and O–H groups in total. The first-order valence-corrected chi connectivity index (χ1v) is 6.25. The van der Waals surface area contributed by atoms with Crippen molar-refractivity contribution < 1.29 is 14.3 Å². The van der Waals surface area contributed by atoms with Gasteiger partial charge in [0.25, 0.3) is 0 Å². The molecule has 98 valence electrons. The fourth-order valence-electron chi connectivity index (χ4n) is 2.09. The van der Waals surface area contributed by atoms with E-state index in [-0.39, 0.29) is 11.9 Å². The average Bonchev–Trinajstić information content (AvgIpc) is 2.40. The van der Waals surface area contributed by atoms with Crippen molar-refractivity contribution in [3.8, 4) is 5.75 Å². The largest absolute Gasteiger partial charge is 0.497 e. The Bertz CT molecular complexity index is 400. The topological polar surface area (TPSA) is 47.6 Å². The summed E-state index contributed by atoms with van der Waals surface area (Å²) in [4.78, 5) is 11.9. The number of benzene rings is 1. The molecule has 0 saturated carbocycles. The number of methoxy groups -OCH3 is 1. The standard InChI is InChI=1S/C14H19NO3/c1-17-13-4-2-3-11(8-13)7-12(16)9-14-10-15-5-6-18-14/h2-4,8,14-15H,5-7,9-10H2,1H3. The summed E-state index contributed by atoms with van der Waals surface area (Å²) in [5, 5.41) is 3.23. The number of ketones is 1. The molecule has 1 aliphatic heterocycles. The van der Waals surface area contributed by atoms with E-state index in [1.165, 1.54) is 0 Å². The van der Waals surface area contributed by atoms with Crippen molar-refractivity contribution in [2.24, 2.45) is 0 Å². The molecule has 0 radical (unpaired) electrons. The normalized spacial score (nSPS) is 19.5. The molecule has 1 heterocycles. The highest BCUT2D eigenvalue weighted by atomic mass is 16.5. The molecule has 0 bridgehead atoms. The number of hydrogen-bond acceptors (Lipinski definition) is 4. The van der Waals surface area contributed by atoms with Crippen molar-refractivity contribution in [2.75, 3.05) is 26.8 Å². The zero-order chi connectivity index (χ0) is 12.8. The van der Waals surface area contributed by atoms with Gasteiger partial charge >= 0.3 is 0 Å². The molecule has 1 fully saturated rings. The van der Waals surface area contributed by atoms with Crippen molar-refractivity contribution in [3.05, 3.63) is 29.8 Å². The highest BCUT2D eigenvalue weighted by Crippen LogP contribution is 2.14. The van der Waals surface area contributed by atoms with Crippen LogP contribution in [0, 0.1) is 0 Å². The first-order valence-electron chi connectivity index (χ1n) is 6.25. The van der Waals surface area contributed by atoms with Crippen LogP contribution < -0.4 is 10.1 Å². The number of carbonyl (C=O) groups excluding carboxylic acids is 1. The molecule has 4 nitrogen and oxygen atoms in total. The van der Waals surface area contributed by atoms with Gasteiger partial charge in [0, 0.05) is 25.9 Å². The van der Waals surface area contributed by atoms with Gasteiger partial charge in [-0.05, 0) is 17.7 Å². The van der Waals surface area contributed by atoms with E-state index in [4.69, 9.17) is 9.47 Å². The molecule has 2 rings (SSSR count). The van der Waals surface area contributed by atoms with Crippen molar-refractivity contribution in [1.82, 2.24) is 5.32 Å². The number of rotatable bonds is 5. The number of hydrogen-bond donors (Lipinski definition) is 1. The Balaban J connectivity index is 1.85. The van der Waals surface area contributed by atoms with Crippen molar-refractivity contribution in [2.45, 2.75) is 18.9 Å². The van der Waals surface area contributed by atoms with E-state index >= 15 is 0 Å². The predicted molar refractivity (Wildman–Crippen MR) is 68.9 cm³/mol. The Hall–Kier alpha value is -1.39. The van der Waals surface area contributed by atoms with Gasteiger partial charge in [-0.1, -0.05) is 12.1 Å². The van der Waals surface area contributed by atoms with Crippen LogP contribution in [0.1, 0.15) is 12.0 Å². The van der Waals surface area contributed by atoms with Gasteiger partial charge in [0.05, 0.1) is 19.8 Å². The Kier molecular flexibility index (Phi) is 4.73. The van der Waals surface area contributed by atoms with E-state index in [1.807, 2.05) is 24.3 Å². The van der Waals surface area contributed by atoms with E-state index in [0.717, 1.165) is 24.4 Å².